The summed E-state index contributed by atoms with van der Waals surface area (Å²) in [7, 11) is 3.08. The number of hydrogen-bond acceptors (Lipinski definition) is 1. The van der Waals surface area contributed by atoms with Gasteiger partial charge in [-0.25, -0.2) is 0 Å². The fourth-order valence-corrected chi connectivity index (χ4v) is 1.23. The number of allylic oxidation sites excluding steroid dienone is 3. The van der Waals surface area contributed by atoms with Gasteiger partial charge in [0.05, 0.1) is 6.61 Å². The summed E-state index contributed by atoms with van der Waals surface area (Å²) in [6.07, 6.45) is 8.76. The van der Waals surface area contributed by atoms with Gasteiger partial charge < -0.3 is 4.52 Å². The van der Waals surface area contributed by atoms with Gasteiger partial charge >= 0.3 is 0 Å². The van der Waals surface area contributed by atoms with E-state index in [0.29, 0.717) is 8.50 Å². The maximum atomic E-state index is 5.15. The molecule has 0 saturated heterocycles. The summed E-state index contributed by atoms with van der Waals surface area (Å²) >= 11 is 0. The minimum atomic E-state index is 0.519. The summed E-state index contributed by atoms with van der Waals surface area (Å²) in [4.78, 5) is 0. The zero-order chi connectivity index (χ0) is 9.23. The molecule has 2 unspecified atom stereocenters. The Morgan fingerprint density at radius 3 is 2.67 bits per heavy atom. The topological polar surface area (TPSA) is 9.23 Å². The van der Waals surface area contributed by atoms with Gasteiger partial charge in [-0.1, -0.05) is 32.7 Å². The van der Waals surface area contributed by atoms with E-state index in [1.165, 1.54) is 5.57 Å². The summed E-state index contributed by atoms with van der Waals surface area (Å²) in [5.41, 5.74) is 1.39. The molecule has 0 radical (unpaired) electrons. The average molecular weight is 204 g/mol. The van der Waals surface area contributed by atoms with Crippen LogP contribution in [-0.2, 0) is 4.52 Å². The first-order chi connectivity index (χ1) is 5.77. The standard InChI is InChI=1S/C9H18OP2/c1-9(2)7-5-3-4-6-8-10-12-11/h4,6-7,12H,3,5,8,11H2,1-2H3/b6-4+. The second-order valence-electron chi connectivity index (χ2n) is 2.76. The number of hydrogen-bond donors (Lipinski definition) is 0. The van der Waals surface area contributed by atoms with Crippen molar-refractivity contribution in [3.8, 4) is 0 Å². The van der Waals surface area contributed by atoms with E-state index in [1.54, 1.807) is 0 Å². The molecule has 0 fully saturated rings. The molecule has 0 rings (SSSR count). The SMILES string of the molecule is CC(C)=CCC/C=C/COPP. The Balaban J connectivity index is 3.19. The Labute approximate surface area is 79.6 Å². The highest BCUT2D eigenvalue weighted by molar-refractivity contribution is 8.00. The lowest BCUT2D eigenvalue weighted by atomic mass is 10.2. The van der Waals surface area contributed by atoms with Crippen molar-refractivity contribution in [2.45, 2.75) is 26.7 Å². The second-order valence-corrected chi connectivity index (χ2v) is 3.99. The maximum absolute atomic E-state index is 5.15. The minimum absolute atomic E-state index is 0.519. The predicted octanol–water partition coefficient (Wildman–Crippen LogP) is 3.69. The lowest BCUT2D eigenvalue weighted by Gasteiger charge is -1.92. The molecule has 12 heavy (non-hydrogen) atoms. The van der Waals surface area contributed by atoms with E-state index < -0.39 is 0 Å². The van der Waals surface area contributed by atoms with E-state index in [9.17, 15) is 0 Å². The number of unbranched alkanes of at least 4 members (excludes halogenated alkanes) is 1. The summed E-state index contributed by atoms with van der Waals surface area (Å²) in [5, 5.41) is 0. The molecule has 0 N–H and O–H groups in total. The molecule has 0 heterocycles. The molecule has 0 bridgehead atoms. The first kappa shape index (κ1) is 12.3. The molecular formula is C9H18OP2. The summed E-state index contributed by atoms with van der Waals surface area (Å²) in [5.74, 6) is 0. The van der Waals surface area contributed by atoms with Crippen molar-refractivity contribution in [1.82, 2.24) is 0 Å². The predicted molar refractivity (Wildman–Crippen MR) is 61.8 cm³/mol. The van der Waals surface area contributed by atoms with Crippen molar-refractivity contribution in [3.63, 3.8) is 0 Å². The van der Waals surface area contributed by atoms with E-state index in [-0.39, 0.29) is 0 Å². The van der Waals surface area contributed by atoms with Gasteiger partial charge in [-0.15, -0.1) is 0 Å². The molecule has 0 aliphatic carbocycles. The van der Waals surface area contributed by atoms with Crippen LogP contribution in [0.2, 0.25) is 0 Å². The van der Waals surface area contributed by atoms with Crippen LogP contribution in [0.15, 0.2) is 23.8 Å². The van der Waals surface area contributed by atoms with Gasteiger partial charge in [0.1, 0.15) is 0 Å². The first-order valence-corrected chi connectivity index (χ1v) is 6.85. The van der Waals surface area contributed by atoms with Crippen molar-refractivity contribution >= 4 is 17.4 Å². The van der Waals surface area contributed by atoms with Crippen molar-refractivity contribution in [2.75, 3.05) is 6.61 Å². The van der Waals surface area contributed by atoms with Crippen LogP contribution >= 0.6 is 17.4 Å². The zero-order valence-corrected chi connectivity index (χ0v) is 9.99. The highest BCUT2D eigenvalue weighted by Gasteiger charge is 1.79. The van der Waals surface area contributed by atoms with Crippen molar-refractivity contribution < 1.29 is 4.52 Å². The van der Waals surface area contributed by atoms with Crippen LogP contribution in [0.3, 0.4) is 0 Å². The first-order valence-electron chi connectivity index (χ1n) is 4.13. The van der Waals surface area contributed by atoms with Crippen LogP contribution in [0.5, 0.6) is 0 Å². The third kappa shape index (κ3) is 10.3. The van der Waals surface area contributed by atoms with Gasteiger partial charge in [0.2, 0.25) is 0 Å². The molecule has 0 saturated carbocycles. The number of rotatable bonds is 6. The van der Waals surface area contributed by atoms with Gasteiger partial charge in [-0.3, -0.25) is 0 Å². The van der Waals surface area contributed by atoms with Crippen LogP contribution in [-0.4, -0.2) is 6.61 Å². The average Bonchev–Trinajstić information content (AvgIpc) is 2.02. The highest BCUT2D eigenvalue weighted by Crippen LogP contribution is 2.20. The van der Waals surface area contributed by atoms with E-state index in [1.807, 2.05) is 0 Å². The summed E-state index contributed by atoms with van der Waals surface area (Å²) in [6, 6.07) is 0. The smallest absolute Gasteiger partial charge is 0.0691 e. The fourth-order valence-electron chi connectivity index (χ4n) is 0.750. The third-order valence-electron chi connectivity index (χ3n) is 1.32. The Morgan fingerprint density at radius 1 is 1.33 bits per heavy atom. The second kappa shape index (κ2) is 9.39. The largest absolute Gasteiger partial charge is 0.354 e. The molecule has 0 aliphatic heterocycles. The Bertz CT molecular complexity index is 149. The van der Waals surface area contributed by atoms with Crippen molar-refractivity contribution in [3.05, 3.63) is 23.8 Å². The molecule has 0 aromatic heterocycles. The van der Waals surface area contributed by atoms with E-state index in [0.717, 1.165) is 19.4 Å². The third-order valence-corrected chi connectivity index (χ3v) is 2.15. The minimum Gasteiger partial charge on any atom is -0.354 e. The Morgan fingerprint density at radius 2 is 2.08 bits per heavy atom. The van der Waals surface area contributed by atoms with Crippen LogP contribution in [0.1, 0.15) is 26.7 Å². The molecule has 3 heteroatoms. The molecule has 2 atom stereocenters. The van der Waals surface area contributed by atoms with E-state index >= 15 is 0 Å². The van der Waals surface area contributed by atoms with Crippen molar-refractivity contribution in [2.24, 2.45) is 0 Å². The van der Waals surface area contributed by atoms with E-state index in [2.05, 4.69) is 41.0 Å². The molecule has 0 aliphatic rings. The summed E-state index contributed by atoms with van der Waals surface area (Å²) in [6.45, 7) is 5.00. The van der Waals surface area contributed by atoms with E-state index in [4.69, 9.17) is 4.52 Å². The molecule has 0 aromatic carbocycles. The molecule has 0 aromatic rings. The molecule has 70 valence electrons. The Hall–Kier alpha value is 0.300. The lowest BCUT2D eigenvalue weighted by Crippen LogP contribution is -1.75. The fraction of sp³-hybridized carbons (Fsp3) is 0.556. The van der Waals surface area contributed by atoms with Gasteiger partial charge in [0.15, 0.2) is 0 Å². The van der Waals surface area contributed by atoms with Gasteiger partial charge in [-0.2, -0.15) is 0 Å². The lowest BCUT2D eigenvalue weighted by molar-refractivity contribution is 0.423. The molecular weight excluding hydrogens is 186 g/mol. The zero-order valence-electron chi connectivity index (χ0n) is 7.84. The molecule has 0 spiro atoms. The van der Waals surface area contributed by atoms with Gasteiger partial charge in [0.25, 0.3) is 0 Å². The normalized spacial score (nSPS) is 11.6. The van der Waals surface area contributed by atoms with Gasteiger partial charge in [0, 0.05) is 8.50 Å². The molecule has 1 nitrogen and oxygen atoms in total. The monoisotopic (exact) mass is 204 g/mol. The maximum Gasteiger partial charge on any atom is 0.0691 e. The Kier molecular flexibility index (Phi) is 9.62. The summed E-state index contributed by atoms with van der Waals surface area (Å²) < 4.78 is 5.15. The van der Waals surface area contributed by atoms with Crippen LogP contribution in [0, 0.1) is 0 Å². The van der Waals surface area contributed by atoms with Gasteiger partial charge in [-0.05, 0) is 26.7 Å². The quantitative estimate of drug-likeness (QED) is 0.364. The van der Waals surface area contributed by atoms with Crippen LogP contribution in [0.4, 0.5) is 0 Å². The molecule has 0 amide bonds. The van der Waals surface area contributed by atoms with Crippen molar-refractivity contribution in [1.29, 1.82) is 0 Å². The van der Waals surface area contributed by atoms with Crippen LogP contribution < -0.4 is 0 Å². The highest BCUT2D eigenvalue weighted by atomic mass is 32.0. The van der Waals surface area contributed by atoms with Crippen LogP contribution in [0.25, 0.3) is 0 Å².